The van der Waals surface area contributed by atoms with Crippen molar-refractivity contribution in [2.45, 2.75) is 263 Å². The first-order chi connectivity index (χ1) is 25.6. The minimum atomic E-state index is -0.658. The number of carboxylic acids is 1. The van der Waals surface area contributed by atoms with Crippen LogP contribution in [0.2, 0.25) is 0 Å². The molecule has 1 unspecified atom stereocenters. The average molecular weight is 737 g/mol. The fourth-order valence-electron chi connectivity index (χ4n) is 7.41. The van der Waals surface area contributed by atoms with Gasteiger partial charge in [-0.15, -0.1) is 0 Å². The number of carbonyl (C=O) groups excluding carboxylic acids is 1. The van der Waals surface area contributed by atoms with Crippen LogP contribution in [0.1, 0.15) is 257 Å². The maximum Gasteiger partial charge on any atom is 0.305 e. The van der Waals surface area contributed by atoms with Gasteiger partial charge < -0.3 is 20.9 Å². The summed E-state index contributed by atoms with van der Waals surface area (Å²) in [7, 11) is 0. The highest BCUT2D eigenvalue weighted by Gasteiger charge is 2.06. The fourth-order valence-corrected chi connectivity index (χ4v) is 7.41. The molecular formula is C46H92N2O4. The lowest BCUT2D eigenvalue weighted by atomic mass is 10.0. The second-order valence-electron chi connectivity index (χ2n) is 16.2. The summed E-state index contributed by atoms with van der Waals surface area (Å²) in [5, 5.41) is 12.4. The van der Waals surface area contributed by atoms with Gasteiger partial charge in [0.05, 0.1) is 6.61 Å². The molecule has 0 radical (unpaired) electrons. The molecule has 0 aromatic carbocycles. The number of hydrogen-bond acceptors (Lipinski definition) is 5. The molecule has 0 spiro atoms. The maximum atomic E-state index is 11.8. The van der Waals surface area contributed by atoms with E-state index in [-0.39, 0.29) is 5.97 Å². The molecule has 6 heteroatoms. The molecular weight excluding hydrogens is 645 g/mol. The molecule has 0 aliphatic carbocycles. The molecule has 52 heavy (non-hydrogen) atoms. The van der Waals surface area contributed by atoms with Crippen molar-refractivity contribution in [1.82, 2.24) is 5.32 Å². The van der Waals surface area contributed by atoms with Gasteiger partial charge in [-0.1, -0.05) is 212 Å². The summed E-state index contributed by atoms with van der Waals surface area (Å²) in [4.78, 5) is 22.4. The van der Waals surface area contributed by atoms with Gasteiger partial charge in [-0.2, -0.15) is 0 Å². The van der Waals surface area contributed by atoms with Crippen LogP contribution < -0.4 is 11.1 Å². The molecule has 0 saturated carbocycles. The van der Waals surface area contributed by atoms with Crippen molar-refractivity contribution >= 4 is 11.9 Å². The Kier molecular flexibility index (Phi) is 43.3. The zero-order valence-electron chi connectivity index (χ0n) is 35.0. The van der Waals surface area contributed by atoms with Gasteiger partial charge in [-0.3, -0.25) is 9.59 Å². The Bertz CT molecular complexity index is 718. The molecule has 0 heterocycles. The normalized spacial score (nSPS) is 12.0. The van der Waals surface area contributed by atoms with Crippen LogP contribution in [0, 0.1) is 0 Å². The Hall–Kier alpha value is -1.14. The number of carbonyl (C=O) groups is 2. The summed E-state index contributed by atoms with van der Waals surface area (Å²) in [5.74, 6) is -0.648. The van der Waals surface area contributed by atoms with Gasteiger partial charge in [0.2, 0.25) is 0 Å². The lowest BCUT2D eigenvalue weighted by Crippen LogP contribution is -2.36. The number of nitrogens with two attached hydrogens (primary N) is 1. The van der Waals surface area contributed by atoms with Crippen LogP contribution in [0.4, 0.5) is 0 Å². The Morgan fingerprint density at radius 1 is 0.481 bits per heavy atom. The Morgan fingerprint density at radius 3 is 1.23 bits per heavy atom. The van der Waals surface area contributed by atoms with Gasteiger partial charge in [0, 0.05) is 25.4 Å². The monoisotopic (exact) mass is 737 g/mol. The minimum absolute atomic E-state index is 0.00985. The first kappa shape index (κ1) is 50.9. The number of unbranched alkanes of at least 4 members (excludes halogenated alkanes) is 33. The largest absolute Gasteiger partial charge is 0.481 e. The number of rotatable bonds is 45. The quantitative estimate of drug-likeness (QED) is 0.0425. The summed E-state index contributed by atoms with van der Waals surface area (Å²) in [6.45, 7) is 4.75. The molecule has 0 amide bonds. The molecule has 0 bridgehead atoms. The Labute approximate surface area is 324 Å². The lowest BCUT2D eigenvalue weighted by molar-refractivity contribution is -0.144. The first-order valence-electron chi connectivity index (χ1n) is 23.4. The van der Waals surface area contributed by atoms with Gasteiger partial charge in [0.15, 0.2) is 0 Å². The third-order valence-electron chi connectivity index (χ3n) is 11.0. The highest BCUT2D eigenvalue weighted by molar-refractivity contribution is 5.69. The topological polar surface area (TPSA) is 102 Å². The molecule has 6 nitrogen and oxygen atoms in total. The molecule has 310 valence electrons. The van der Waals surface area contributed by atoms with Gasteiger partial charge in [0.25, 0.3) is 0 Å². The molecule has 4 N–H and O–H groups in total. The van der Waals surface area contributed by atoms with Crippen LogP contribution >= 0.6 is 0 Å². The number of carboxylic acid groups (broad SMARTS) is 1. The third kappa shape index (κ3) is 43.3. The van der Waals surface area contributed by atoms with E-state index in [0.29, 0.717) is 25.5 Å². The second kappa shape index (κ2) is 44.3. The Balaban J connectivity index is 3.28. The predicted molar refractivity (Wildman–Crippen MR) is 225 cm³/mol. The molecule has 0 rings (SSSR count). The first-order valence-corrected chi connectivity index (χ1v) is 23.4. The fraction of sp³-hybridized carbons (Fsp3) is 0.957. The smallest absolute Gasteiger partial charge is 0.305 e. The van der Waals surface area contributed by atoms with Gasteiger partial charge in [0.1, 0.15) is 0 Å². The van der Waals surface area contributed by atoms with E-state index in [2.05, 4.69) is 12.2 Å². The highest BCUT2D eigenvalue weighted by Crippen LogP contribution is 2.16. The van der Waals surface area contributed by atoms with Gasteiger partial charge in [-0.05, 0) is 38.6 Å². The van der Waals surface area contributed by atoms with Crippen molar-refractivity contribution < 1.29 is 19.4 Å². The van der Waals surface area contributed by atoms with E-state index >= 15 is 0 Å². The number of nitrogens with one attached hydrogen (secondary N) is 1. The highest BCUT2D eigenvalue weighted by atomic mass is 16.5. The summed E-state index contributed by atoms with van der Waals surface area (Å²) >= 11 is 0. The van der Waals surface area contributed by atoms with Crippen molar-refractivity contribution in [2.75, 3.05) is 19.7 Å². The van der Waals surface area contributed by atoms with E-state index in [1.54, 1.807) is 0 Å². The zero-order valence-corrected chi connectivity index (χ0v) is 35.0. The van der Waals surface area contributed by atoms with Crippen molar-refractivity contribution in [3.8, 4) is 0 Å². The summed E-state index contributed by atoms with van der Waals surface area (Å²) in [6, 6.07) is 0.500. The van der Waals surface area contributed by atoms with Crippen molar-refractivity contribution in [1.29, 1.82) is 0 Å². The van der Waals surface area contributed by atoms with Gasteiger partial charge in [-0.25, -0.2) is 0 Å². The van der Waals surface area contributed by atoms with Gasteiger partial charge >= 0.3 is 11.9 Å². The number of esters is 1. The SMILES string of the molecule is CCCCCCCCOC(=O)CCCCCCCCCCCCCCCCCNC(CN)CCCCCCCCCCCCCCCCCC(=O)O. The minimum Gasteiger partial charge on any atom is -0.481 e. The molecule has 0 aliphatic rings. The molecule has 1 atom stereocenters. The number of ether oxygens (including phenoxy) is 1. The van der Waals surface area contributed by atoms with Crippen LogP contribution in [-0.4, -0.2) is 42.8 Å². The second-order valence-corrected chi connectivity index (χ2v) is 16.2. The van der Waals surface area contributed by atoms with Crippen molar-refractivity contribution in [3.05, 3.63) is 0 Å². The van der Waals surface area contributed by atoms with Crippen molar-refractivity contribution in [2.24, 2.45) is 5.73 Å². The molecule has 0 aromatic rings. The van der Waals surface area contributed by atoms with Crippen molar-refractivity contribution in [3.63, 3.8) is 0 Å². The van der Waals surface area contributed by atoms with E-state index in [9.17, 15) is 9.59 Å². The molecule has 0 aromatic heterocycles. The number of aliphatic carboxylic acids is 1. The standard InChI is InChI=1S/C46H92N2O4/c1-2-3-4-5-32-37-42-52-46(51)40-35-30-26-22-18-14-10-7-11-15-19-23-27-31-36-41-48-44(43-47)38-33-28-24-20-16-12-8-6-9-13-17-21-25-29-34-39-45(49)50/h44,48H,2-43,47H2,1H3,(H,49,50). The predicted octanol–water partition coefficient (Wildman–Crippen LogP) is 13.8. The van der Waals surface area contributed by atoms with E-state index in [1.165, 1.54) is 212 Å². The summed E-state index contributed by atoms with van der Waals surface area (Å²) in [5.41, 5.74) is 6.06. The zero-order chi connectivity index (χ0) is 37.8. The van der Waals surface area contributed by atoms with Crippen LogP contribution in [-0.2, 0) is 14.3 Å². The van der Waals surface area contributed by atoms with E-state index < -0.39 is 5.97 Å². The molecule has 0 saturated heterocycles. The molecule has 0 aliphatic heterocycles. The number of hydrogen-bond donors (Lipinski definition) is 3. The van der Waals surface area contributed by atoms with Crippen LogP contribution in [0.15, 0.2) is 0 Å². The van der Waals surface area contributed by atoms with Crippen LogP contribution in [0.25, 0.3) is 0 Å². The average Bonchev–Trinajstić information content (AvgIpc) is 3.14. The van der Waals surface area contributed by atoms with Crippen LogP contribution in [0.3, 0.4) is 0 Å². The molecule has 0 fully saturated rings. The Morgan fingerprint density at radius 2 is 0.827 bits per heavy atom. The third-order valence-corrected chi connectivity index (χ3v) is 11.0. The summed E-state index contributed by atoms with van der Waals surface area (Å²) < 4.78 is 5.38. The van der Waals surface area contributed by atoms with E-state index in [4.69, 9.17) is 15.6 Å². The van der Waals surface area contributed by atoms with E-state index in [1.807, 2.05) is 0 Å². The summed E-state index contributed by atoms with van der Waals surface area (Å²) in [6.07, 6.45) is 48.9. The van der Waals surface area contributed by atoms with Crippen LogP contribution in [0.5, 0.6) is 0 Å². The van der Waals surface area contributed by atoms with E-state index in [0.717, 1.165) is 38.8 Å². The maximum absolute atomic E-state index is 11.8. The lowest BCUT2D eigenvalue weighted by Gasteiger charge is -2.16.